The van der Waals surface area contributed by atoms with Crippen LogP contribution in [0, 0.1) is 12.3 Å². The zero-order valence-electron chi connectivity index (χ0n) is 12.0. The van der Waals surface area contributed by atoms with E-state index in [1.165, 1.54) is 12.8 Å². The lowest BCUT2D eigenvalue weighted by Gasteiger charge is -2.47. The van der Waals surface area contributed by atoms with Crippen LogP contribution < -0.4 is 4.74 Å². The normalized spacial score (nSPS) is 25.1. The third-order valence-corrected chi connectivity index (χ3v) is 5.19. The highest BCUT2D eigenvalue weighted by Gasteiger charge is 2.55. The minimum Gasteiger partial charge on any atom is -0.487 e. The van der Waals surface area contributed by atoms with Crippen LogP contribution >= 0.6 is 11.6 Å². The van der Waals surface area contributed by atoms with E-state index >= 15 is 0 Å². The van der Waals surface area contributed by atoms with E-state index < -0.39 is 0 Å². The molecule has 2 aliphatic carbocycles. The molecule has 0 N–H and O–H groups in total. The Bertz CT molecular complexity index is 516. The Morgan fingerprint density at radius 3 is 2.50 bits per heavy atom. The summed E-state index contributed by atoms with van der Waals surface area (Å²) >= 11 is 6.24. The largest absolute Gasteiger partial charge is 0.487 e. The Hall–Kier alpha value is -1.02. The van der Waals surface area contributed by atoms with E-state index in [0.717, 1.165) is 37.0 Å². The van der Waals surface area contributed by atoms with Crippen LogP contribution in [0.15, 0.2) is 18.2 Å². The number of carbonyl (C=O) groups excluding carboxylic acids is 1. The number of Topliss-reactive ketones (excluding diaryl/α,β-unsaturated/α-hetero) is 1. The number of benzene rings is 1. The van der Waals surface area contributed by atoms with Crippen LogP contribution in [-0.2, 0) is 4.79 Å². The molecule has 2 aliphatic rings. The van der Waals surface area contributed by atoms with Crippen LogP contribution in [-0.4, -0.2) is 11.9 Å². The smallest absolute Gasteiger partial charge is 0.146 e. The van der Waals surface area contributed by atoms with Crippen molar-refractivity contribution in [1.29, 1.82) is 0 Å². The van der Waals surface area contributed by atoms with Crippen LogP contribution in [0.1, 0.15) is 50.5 Å². The van der Waals surface area contributed by atoms with Gasteiger partial charge in [0, 0.05) is 6.42 Å². The summed E-state index contributed by atoms with van der Waals surface area (Å²) < 4.78 is 6.10. The molecular weight excluding hydrogens is 272 g/mol. The summed E-state index contributed by atoms with van der Waals surface area (Å²) in [6, 6.07) is 5.84. The maximum Gasteiger partial charge on any atom is 0.146 e. The molecule has 3 heteroatoms. The zero-order chi connectivity index (χ0) is 14.2. The monoisotopic (exact) mass is 292 g/mol. The Kier molecular flexibility index (Phi) is 3.76. The van der Waals surface area contributed by atoms with Crippen LogP contribution in [0.4, 0.5) is 0 Å². The quantitative estimate of drug-likeness (QED) is 0.789. The third kappa shape index (κ3) is 2.35. The molecule has 1 atom stereocenters. The van der Waals surface area contributed by atoms with E-state index in [2.05, 4.69) is 0 Å². The van der Waals surface area contributed by atoms with E-state index in [-0.39, 0.29) is 11.5 Å². The van der Waals surface area contributed by atoms with Crippen molar-refractivity contribution < 1.29 is 9.53 Å². The number of rotatable bonds is 2. The first-order chi connectivity index (χ1) is 9.62. The van der Waals surface area contributed by atoms with Crippen LogP contribution in [0.25, 0.3) is 0 Å². The van der Waals surface area contributed by atoms with E-state index in [4.69, 9.17) is 16.3 Å². The van der Waals surface area contributed by atoms with Gasteiger partial charge in [0.2, 0.25) is 0 Å². The summed E-state index contributed by atoms with van der Waals surface area (Å²) in [4.78, 5) is 12.2. The van der Waals surface area contributed by atoms with Crippen molar-refractivity contribution in [3.8, 4) is 5.75 Å². The van der Waals surface area contributed by atoms with Gasteiger partial charge in [0.05, 0.1) is 10.4 Å². The van der Waals surface area contributed by atoms with Gasteiger partial charge in [0.25, 0.3) is 0 Å². The van der Waals surface area contributed by atoms with Crippen molar-refractivity contribution in [3.05, 3.63) is 28.8 Å². The van der Waals surface area contributed by atoms with Gasteiger partial charge in [-0.15, -0.1) is 0 Å². The maximum atomic E-state index is 12.2. The summed E-state index contributed by atoms with van der Waals surface area (Å²) in [7, 11) is 0. The SMILES string of the molecule is Cc1ccc(OC2CC(=O)C23CCCCCC3)c(Cl)c1. The van der Waals surface area contributed by atoms with Gasteiger partial charge in [-0.3, -0.25) is 4.79 Å². The molecule has 1 aromatic carbocycles. The zero-order valence-corrected chi connectivity index (χ0v) is 12.7. The van der Waals surface area contributed by atoms with E-state index in [1.807, 2.05) is 25.1 Å². The molecule has 1 unspecified atom stereocenters. The highest BCUT2D eigenvalue weighted by Crippen LogP contribution is 2.50. The molecule has 0 saturated heterocycles. The lowest BCUT2D eigenvalue weighted by atomic mass is 9.60. The number of aryl methyl sites for hydroxylation is 1. The van der Waals surface area contributed by atoms with Gasteiger partial charge in [-0.25, -0.2) is 0 Å². The van der Waals surface area contributed by atoms with Crippen molar-refractivity contribution >= 4 is 17.4 Å². The molecule has 2 saturated carbocycles. The number of carbonyl (C=O) groups is 1. The number of halogens is 1. The molecule has 1 aromatic rings. The van der Waals surface area contributed by atoms with Crippen molar-refractivity contribution in [3.63, 3.8) is 0 Å². The summed E-state index contributed by atoms with van der Waals surface area (Å²) in [5.41, 5.74) is 0.904. The van der Waals surface area contributed by atoms with E-state index in [0.29, 0.717) is 17.2 Å². The molecule has 0 heterocycles. The van der Waals surface area contributed by atoms with E-state index in [9.17, 15) is 4.79 Å². The second kappa shape index (κ2) is 5.40. The number of ketones is 1. The molecule has 0 radical (unpaired) electrons. The number of ether oxygens (including phenoxy) is 1. The van der Waals surface area contributed by atoms with Gasteiger partial charge in [0.1, 0.15) is 17.6 Å². The first kappa shape index (κ1) is 13.9. The highest BCUT2D eigenvalue weighted by molar-refractivity contribution is 6.32. The molecule has 0 aliphatic heterocycles. The first-order valence-electron chi connectivity index (χ1n) is 7.58. The average Bonchev–Trinajstić information content (AvgIpc) is 2.69. The Balaban J connectivity index is 1.78. The Morgan fingerprint density at radius 2 is 1.90 bits per heavy atom. The average molecular weight is 293 g/mol. The van der Waals surface area contributed by atoms with Gasteiger partial charge in [-0.2, -0.15) is 0 Å². The van der Waals surface area contributed by atoms with Gasteiger partial charge in [0.15, 0.2) is 0 Å². The van der Waals surface area contributed by atoms with Crippen LogP contribution in [0.5, 0.6) is 5.75 Å². The molecule has 3 rings (SSSR count). The second-order valence-electron chi connectivity index (χ2n) is 6.24. The Labute approximate surface area is 125 Å². The fourth-order valence-corrected chi connectivity index (χ4v) is 3.86. The maximum absolute atomic E-state index is 12.2. The van der Waals surface area contributed by atoms with Crippen LogP contribution in [0.2, 0.25) is 5.02 Å². The summed E-state index contributed by atoms with van der Waals surface area (Å²) in [6.07, 6.45) is 7.32. The number of hydrogen-bond acceptors (Lipinski definition) is 2. The lowest BCUT2D eigenvalue weighted by molar-refractivity contribution is -0.154. The molecule has 1 spiro atoms. The van der Waals surface area contributed by atoms with Gasteiger partial charge in [-0.05, 0) is 37.5 Å². The van der Waals surface area contributed by atoms with Gasteiger partial charge < -0.3 is 4.74 Å². The Morgan fingerprint density at radius 1 is 1.20 bits per heavy atom. The molecule has 2 nitrogen and oxygen atoms in total. The lowest BCUT2D eigenvalue weighted by Crippen LogP contribution is -2.56. The first-order valence-corrected chi connectivity index (χ1v) is 7.96. The second-order valence-corrected chi connectivity index (χ2v) is 6.65. The van der Waals surface area contributed by atoms with Gasteiger partial charge >= 0.3 is 0 Å². The third-order valence-electron chi connectivity index (χ3n) is 4.89. The molecule has 108 valence electrons. The van der Waals surface area contributed by atoms with Crippen molar-refractivity contribution in [2.24, 2.45) is 5.41 Å². The molecule has 2 fully saturated rings. The molecule has 20 heavy (non-hydrogen) atoms. The molecule has 0 bridgehead atoms. The van der Waals surface area contributed by atoms with Crippen molar-refractivity contribution in [1.82, 2.24) is 0 Å². The predicted octanol–water partition coefficient (Wildman–Crippen LogP) is 4.71. The molecule has 0 amide bonds. The summed E-state index contributed by atoms with van der Waals surface area (Å²) in [5, 5.41) is 0.646. The summed E-state index contributed by atoms with van der Waals surface area (Å²) in [5.74, 6) is 1.12. The fourth-order valence-electron chi connectivity index (χ4n) is 3.58. The molecular formula is C17H21ClO2. The standard InChI is InChI=1S/C17H21ClO2/c1-12-6-7-14(13(18)10-12)20-16-11-15(19)17(16)8-4-2-3-5-9-17/h6-7,10,16H,2-5,8-9,11H2,1H3. The topological polar surface area (TPSA) is 26.3 Å². The fraction of sp³-hybridized carbons (Fsp3) is 0.588. The van der Waals surface area contributed by atoms with Crippen molar-refractivity contribution in [2.75, 3.05) is 0 Å². The van der Waals surface area contributed by atoms with Crippen molar-refractivity contribution in [2.45, 2.75) is 58.0 Å². The number of hydrogen-bond donors (Lipinski definition) is 0. The van der Waals surface area contributed by atoms with Gasteiger partial charge in [-0.1, -0.05) is 43.4 Å². The van der Waals surface area contributed by atoms with E-state index in [1.54, 1.807) is 0 Å². The van der Waals surface area contributed by atoms with Crippen LogP contribution in [0.3, 0.4) is 0 Å². The highest BCUT2D eigenvalue weighted by atomic mass is 35.5. The minimum atomic E-state index is -0.218. The molecule has 0 aromatic heterocycles. The summed E-state index contributed by atoms with van der Waals surface area (Å²) in [6.45, 7) is 2.01. The predicted molar refractivity (Wildman–Crippen MR) is 80.4 cm³/mol. The minimum absolute atomic E-state index is 0.0216.